The fourth-order valence-corrected chi connectivity index (χ4v) is 2.99. The van der Waals surface area contributed by atoms with Gasteiger partial charge in [0.2, 0.25) is 5.91 Å². The van der Waals surface area contributed by atoms with Gasteiger partial charge < -0.3 is 10.5 Å². The Kier molecular flexibility index (Phi) is 5.31. The maximum Gasteiger partial charge on any atom is 0.234 e. The molecule has 1 fully saturated rings. The number of amides is 1. The Hall–Kier alpha value is -1.46. The molecule has 0 bridgehead atoms. The third kappa shape index (κ3) is 4.02. The summed E-state index contributed by atoms with van der Waals surface area (Å²) < 4.78 is 18.5. The van der Waals surface area contributed by atoms with E-state index in [1.54, 1.807) is 19.2 Å². The fraction of sp³-hybridized carbons (Fsp3) is 0.562. The van der Waals surface area contributed by atoms with Gasteiger partial charge in [-0.2, -0.15) is 0 Å². The highest BCUT2D eigenvalue weighted by Crippen LogP contribution is 2.24. The van der Waals surface area contributed by atoms with Gasteiger partial charge in [-0.1, -0.05) is 12.1 Å². The quantitative estimate of drug-likeness (QED) is 0.869. The van der Waals surface area contributed by atoms with Gasteiger partial charge in [-0.25, -0.2) is 4.39 Å². The Balaban J connectivity index is 1.95. The number of hydrogen-bond donors (Lipinski definition) is 1. The fourth-order valence-electron chi connectivity index (χ4n) is 2.99. The van der Waals surface area contributed by atoms with E-state index >= 15 is 0 Å². The Morgan fingerprint density at radius 1 is 1.57 bits per heavy atom. The largest absolute Gasteiger partial charge is 0.380 e. The molecule has 1 heterocycles. The normalized spacial score (nSPS) is 24.1. The zero-order chi connectivity index (χ0) is 15.4. The highest BCUT2D eigenvalue weighted by atomic mass is 19.1. The minimum Gasteiger partial charge on any atom is -0.380 e. The lowest BCUT2D eigenvalue weighted by molar-refractivity contribution is -0.122. The van der Waals surface area contributed by atoms with Crippen molar-refractivity contribution in [1.82, 2.24) is 4.90 Å². The number of hydrogen-bond acceptors (Lipinski definition) is 3. The van der Waals surface area contributed by atoms with E-state index in [4.69, 9.17) is 10.5 Å². The Bertz CT molecular complexity index is 495. The molecule has 1 aromatic carbocycles. The number of primary amides is 1. The van der Waals surface area contributed by atoms with Crippen molar-refractivity contribution in [2.45, 2.75) is 44.4 Å². The second kappa shape index (κ2) is 7.00. The molecule has 1 saturated heterocycles. The summed E-state index contributed by atoms with van der Waals surface area (Å²) in [4.78, 5) is 13.7. The lowest BCUT2D eigenvalue weighted by Crippen LogP contribution is -2.45. The summed E-state index contributed by atoms with van der Waals surface area (Å²) in [6.07, 6.45) is 2.33. The lowest BCUT2D eigenvalue weighted by Gasteiger charge is -2.28. The Morgan fingerprint density at radius 3 is 2.95 bits per heavy atom. The maximum atomic E-state index is 13.2. The van der Waals surface area contributed by atoms with Crippen molar-refractivity contribution in [3.63, 3.8) is 0 Å². The molecule has 1 amide bonds. The molecule has 1 aliphatic rings. The number of likely N-dealkylation sites (tertiary alicyclic amines) is 1. The van der Waals surface area contributed by atoms with E-state index in [2.05, 4.69) is 11.8 Å². The molecule has 0 radical (unpaired) electrons. The maximum absolute atomic E-state index is 13.2. The van der Waals surface area contributed by atoms with Crippen molar-refractivity contribution < 1.29 is 13.9 Å². The van der Waals surface area contributed by atoms with Crippen LogP contribution in [0.2, 0.25) is 0 Å². The minimum atomic E-state index is -0.299. The highest BCUT2D eigenvalue weighted by Gasteiger charge is 2.37. The first kappa shape index (κ1) is 15.9. The van der Waals surface area contributed by atoms with Crippen molar-refractivity contribution in [2.24, 2.45) is 5.73 Å². The molecule has 0 unspecified atom stereocenters. The topological polar surface area (TPSA) is 55.6 Å². The van der Waals surface area contributed by atoms with Crippen LogP contribution in [0.5, 0.6) is 0 Å². The number of benzene rings is 1. The van der Waals surface area contributed by atoms with E-state index in [0.717, 1.165) is 18.4 Å². The van der Waals surface area contributed by atoms with Crippen LogP contribution in [0.4, 0.5) is 4.39 Å². The molecule has 2 N–H and O–H groups in total. The molecular formula is C16H23FN2O2. The summed E-state index contributed by atoms with van der Waals surface area (Å²) >= 11 is 0. The molecule has 21 heavy (non-hydrogen) atoms. The zero-order valence-electron chi connectivity index (χ0n) is 12.6. The molecule has 0 aromatic heterocycles. The number of ether oxygens (including phenoxy) is 1. The molecule has 3 atom stereocenters. The molecule has 5 heteroatoms. The van der Waals surface area contributed by atoms with Gasteiger partial charge in [0.1, 0.15) is 5.82 Å². The van der Waals surface area contributed by atoms with Crippen molar-refractivity contribution in [3.8, 4) is 0 Å². The van der Waals surface area contributed by atoms with Crippen LogP contribution in [-0.4, -0.2) is 42.6 Å². The van der Waals surface area contributed by atoms with Crippen LogP contribution >= 0.6 is 0 Å². The first-order chi connectivity index (χ1) is 10.0. The average Bonchev–Trinajstić information content (AvgIpc) is 2.89. The van der Waals surface area contributed by atoms with Gasteiger partial charge in [-0.05, 0) is 43.9 Å². The summed E-state index contributed by atoms with van der Waals surface area (Å²) in [5.41, 5.74) is 6.46. The number of carbonyl (C=O) groups is 1. The molecule has 2 rings (SSSR count). The van der Waals surface area contributed by atoms with E-state index < -0.39 is 0 Å². The molecule has 116 valence electrons. The van der Waals surface area contributed by atoms with Crippen LogP contribution in [0, 0.1) is 5.82 Å². The standard InChI is InChI=1S/C16H23FN2O2/c1-11(6-7-12-4-3-5-13(17)8-12)19-10-14(21-2)9-15(19)16(18)20/h3-5,8,11,14-15H,6-7,9-10H2,1-2H3,(H2,18,20)/t11-,14+,15+/m1/s1. The van der Waals surface area contributed by atoms with Gasteiger partial charge >= 0.3 is 0 Å². The number of nitrogens with zero attached hydrogens (tertiary/aromatic N) is 1. The van der Waals surface area contributed by atoms with Crippen molar-refractivity contribution in [3.05, 3.63) is 35.6 Å². The first-order valence-corrected chi connectivity index (χ1v) is 7.33. The lowest BCUT2D eigenvalue weighted by atomic mass is 10.0. The van der Waals surface area contributed by atoms with Crippen LogP contribution in [-0.2, 0) is 16.0 Å². The van der Waals surface area contributed by atoms with Crippen LogP contribution in [0.1, 0.15) is 25.3 Å². The van der Waals surface area contributed by atoms with Crippen LogP contribution in [0.15, 0.2) is 24.3 Å². The van der Waals surface area contributed by atoms with Crippen LogP contribution in [0.3, 0.4) is 0 Å². The number of halogens is 1. The van der Waals surface area contributed by atoms with E-state index in [0.29, 0.717) is 13.0 Å². The highest BCUT2D eigenvalue weighted by molar-refractivity contribution is 5.80. The van der Waals surface area contributed by atoms with E-state index in [1.807, 2.05) is 6.07 Å². The van der Waals surface area contributed by atoms with Crippen LogP contribution in [0.25, 0.3) is 0 Å². The van der Waals surface area contributed by atoms with Gasteiger partial charge in [-0.15, -0.1) is 0 Å². The monoisotopic (exact) mass is 294 g/mol. The molecular weight excluding hydrogens is 271 g/mol. The number of carbonyl (C=O) groups excluding carboxylic acids is 1. The SMILES string of the molecule is CO[C@H]1C[C@@H](C(N)=O)N([C@H](C)CCc2cccc(F)c2)C1. The third-order valence-corrected chi connectivity index (χ3v) is 4.27. The van der Waals surface area contributed by atoms with Crippen molar-refractivity contribution in [1.29, 1.82) is 0 Å². The number of aryl methyl sites for hydroxylation is 1. The Morgan fingerprint density at radius 2 is 2.33 bits per heavy atom. The summed E-state index contributed by atoms with van der Waals surface area (Å²) in [6, 6.07) is 6.57. The van der Waals surface area contributed by atoms with Crippen LogP contribution < -0.4 is 5.73 Å². The Labute approximate surface area is 125 Å². The van der Waals surface area contributed by atoms with Gasteiger partial charge in [-0.3, -0.25) is 9.69 Å². The summed E-state index contributed by atoms with van der Waals surface area (Å²) in [7, 11) is 1.66. The van der Waals surface area contributed by atoms with E-state index in [9.17, 15) is 9.18 Å². The van der Waals surface area contributed by atoms with Gasteiger partial charge in [0, 0.05) is 19.7 Å². The van der Waals surface area contributed by atoms with Gasteiger partial charge in [0.25, 0.3) is 0 Å². The first-order valence-electron chi connectivity index (χ1n) is 7.33. The smallest absolute Gasteiger partial charge is 0.234 e. The van der Waals surface area contributed by atoms with E-state index in [-0.39, 0.29) is 29.9 Å². The number of nitrogens with two attached hydrogens (primary N) is 1. The molecule has 1 aromatic rings. The van der Waals surface area contributed by atoms with Gasteiger partial charge in [0.05, 0.1) is 12.1 Å². The minimum absolute atomic E-state index is 0.0547. The molecule has 0 saturated carbocycles. The zero-order valence-corrected chi connectivity index (χ0v) is 12.6. The van der Waals surface area contributed by atoms with Gasteiger partial charge in [0.15, 0.2) is 0 Å². The number of rotatable bonds is 6. The van der Waals surface area contributed by atoms with E-state index in [1.165, 1.54) is 6.07 Å². The summed E-state index contributed by atoms with van der Waals surface area (Å²) in [5, 5.41) is 0. The average molecular weight is 294 g/mol. The molecule has 0 spiro atoms. The summed E-state index contributed by atoms with van der Waals surface area (Å²) in [5.74, 6) is -0.511. The molecule has 0 aliphatic carbocycles. The van der Waals surface area contributed by atoms with Crippen molar-refractivity contribution >= 4 is 5.91 Å². The third-order valence-electron chi connectivity index (χ3n) is 4.27. The van der Waals surface area contributed by atoms with Crippen molar-refractivity contribution in [2.75, 3.05) is 13.7 Å². The summed E-state index contributed by atoms with van der Waals surface area (Å²) in [6.45, 7) is 2.79. The predicted molar refractivity (Wildman–Crippen MR) is 79.3 cm³/mol. The second-order valence-electron chi connectivity index (χ2n) is 5.73. The number of methoxy groups -OCH3 is 1. The molecule has 1 aliphatic heterocycles. The molecule has 4 nitrogen and oxygen atoms in total. The predicted octanol–water partition coefficient (Wildman–Crippen LogP) is 1.72. The second-order valence-corrected chi connectivity index (χ2v) is 5.73.